The first-order valence-corrected chi connectivity index (χ1v) is 7.64. The molecule has 2 nitrogen and oxygen atoms in total. The number of nitrogens with zero attached hydrogens (tertiary/aromatic N) is 1. The van der Waals surface area contributed by atoms with E-state index in [1.165, 1.54) is 38.5 Å². The van der Waals surface area contributed by atoms with Gasteiger partial charge in [0.15, 0.2) is 0 Å². The van der Waals surface area contributed by atoms with Crippen molar-refractivity contribution in [2.24, 2.45) is 5.92 Å². The molecule has 0 radical (unpaired) electrons. The van der Waals surface area contributed by atoms with Crippen LogP contribution in [0, 0.1) is 5.92 Å². The summed E-state index contributed by atoms with van der Waals surface area (Å²) in [5.74, 6) is 0.739. The summed E-state index contributed by atoms with van der Waals surface area (Å²) in [6.07, 6.45) is 9.86. The van der Waals surface area contributed by atoms with Crippen LogP contribution in [0.2, 0.25) is 0 Å². The lowest BCUT2D eigenvalue weighted by Gasteiger charge is -2.39. The quantitative estimate of drug-likeness (QED) is 0.740. The van der Waals surface area contributed by atoms with Crippen LogP contribution in [-0.4, -0.2) is 28.8 Å². The predicted molar refractivity (Wildman–Crippen MR) is 73.9 cm³/mol. The van der Waals surface area contributed by atoms with Crippen LogP contribution in [0.1, 0.15) is 72.1 Å². The molecule has 0 aromatic rings. The molecule has 0 saturated heterocycles. The summed E-state index contributed by atoms with van der Waals surface area (Å²) >= 11 is 0. The van der Waals surface area contributed by atoms with E-state index in [4.69, 9.17) is 0 Å². The molecule has 3 unspecified atom stereocenters. The maximum atomic E-state index is 10.2. The van der Waals surface area contributed by atoms with Gasteiger partial charge >= 0.3 is 0 Å². The van der Waals surface area contributed by atoms with Crippen LogP contribution < -0.4 is 0 Å². The molecule has 3 atom stereocenters. The molecular formula is C15H31NO. The summed E-state index contributed by atoms with van der Waals surface area (Å²) in [6.45, 7) is 7.72. The highest BCUT2D eigenvalue weighted by molar-refractivity contribution is 4.80. The molecule has 1 rings (SSSR count). The van der Waals surface area contributed by atoms with Crippen molar-refractivity contribution < 1.29 is 5.11 Å². The Balaban J connectivity index is 2.66. The lowest BCUT2D eigenvalue weighted by atomic mass is 9.86. The molecule has 102 valence electrons. The van der Waals surface area contributed by atoms with Gasteiger partial charge in [0.1, 0.15) is 6.23 Å². The molecule has 0 heterocycles. The molecule has 0 bridgehead atoms. The highest BCUT2D eigenvalue weighted by atomic mass is 16.3. The highest BCUT2D eigenvalue weighted by Crippen LogP contribution is 2.28. The van der Waals surface area contributed by atoms with Crippen LogP contribution in [0.5, 0.6) is 0 Å². The summed E-state index contributed by atoms with van der Waals surface area (Å²) in [7, 11) is 0. The fourth-order valence-electron chi connectivity index (χ4n) is 3.17. The van der Waals surface area contributed by atoms with Crippen molar-refractivity contribution in [2.75, 3.05) is 6.54 Å². The highest BCUT2D eigenvalue weighted by Gasteiger charge is 2.28. The van der Waals surface area contributed by atoms with E-state index in [2.05, 4.69) is 25.7 Å². The van der Waals surface area contributed by atoms with Gasteiger partial charge in [0.05, 0.1) is 0 Å². The van der Waals surface area contributed by atoms with Crippen LogP contribution in [0.3, 0.4) is 0 Å². The van der Waals surface area contributed by atoms with Crippen molar-refractivity contribution in [2.45, 2.75) is 84.4 Å². The molecule has 1 aliphatic carbocycles. The van der Waals surface area contributed by atoms with Crippen LogP contribution in [0.4, 0.5) is 0 Å². The number of hydrogen-bond donors (Lipinski definition) is 1. The lowest BCUT2D eigenvalue weighted by Crippen LogP contribution is -2.47. The maximum Gasteiger partial charge on any atom is 0.107 e. The monoisotopic (exact) mass is 241 g/mol. The average Bonchev–Trinajstić information content (AvgIpc) is 2.31. The van der Waals surface area contributed by atoms with Gasteiger partial charge in [0.25, 0.3) is 0 Å². The molecule has 1 fully saturated rings. The van der Waals surface area contributed by atoms with E-state index in [1.54, 1.807) is 0 Å². The number of aliphatic hydroxyl groups excluding tert-OH is 1. The van der Waals surface area contributed by atoms with Crippen LogP contribution in [-0.2, 0) is 0 Å². The van der Waals surface area contributed by atoms with E-state index in [0.29, 0.717) is 6.04 Å². The SMILES string of the molecule is CCCN(C(O)CC)C1CCCCCCC1C. The Morgan fingerprint density at radius 2 is 1.76 bits per heavy atom. The van der Waals surface area contributed by atoms with Gasteiger partial charge in [-0.05, 0) is 31.6 Å². The zero-order chi connectivity index (χ0) is 12.7. The summed E-state index contributed by atoms with van der Waals surface area (Å²) in [5, 5.41) is 10.2. The second kappa shape index (κ2) is 8.10. The van der Waals surface area contributed by atoms with Crippen molar-refractivity contribution >= 4 is 0 Å². The molecule has 0 spiro atoms. The summed E-state index contributed by atoms with van der Waals surface area (Å²) in [5.41, 5.74) is 0. The zero-order valence-corrected chi connectivity index (χ0v) is 12.0. The Labute approximate surface area is 107 Å². The maximum absolute atomic E-state index is 10.2. The Morgan fingerprint density at radius 1 is 1.12 bits per heavy atom. The number of hydrogen-bond acceptors (Lipinski definition) is 2. The van der Waals surface area contributed by atoms with Gasteiger partial charge in [-0.1, -0.05) is 46.5 Å². The molecule has 17 heavy (non-hydrogen) atoms. The molecule has 0 aromatic carbocycles. The molecule has 0 aromatic heterocycles. The predicted octanol–water partition coefficient (Wildman–Crippen LogP) is 3.79. The van der Waals surface area contributed by atoms with E-state index in [9.17, 15) is 5.11 Å². The van der Waals surface area contributed by atoms with Gasteiger partial charge in [0, 0.05) is 12.6 Å². The van der Waals surface area contributed by atoms with Gasteiger partial charge in [-0.15, -0.1) is 0 Å². The zero-order valence-electron chi connectivity index (χ0n) is 12.0. The third kappa shape index (κ3) is 4.59. The fourth-order valence-corrected chi connectivity index (χ4v) is 3.17. The minimum absolute atomic E-state index is 0.234. The molecule has 1 aliphatic rings. The first-order chi connectivity index (χ1) is 8.20. The van der Waals surface area contributed by atoms with Gasteiger partial charge < -0.3 is 5.11 Å². The second-order valence-corrected chi connectivity index (χ2v) is 5.66. The fraction of sp³-hybridized carbons (Fsp3) is 1.00. The Hall–Kier alpha value is -0.0800. The minimum atomic E-state index is -0.234. The van der Waals surface area contributed by atoms with Gasteiger partial charge in [-0.2, -0.15) is 0 Å². The van der Waals surface area contributed by atoms with Crippen LogP contribution >= 0.6 is 0 Å². The average molecular weight is 241 g/mol. The lowest BCUT2D eigenvalue weighted by molar-refractivity contribution is -0.0465. The molecule has 2 heteroatoms. The topological polar surface area (TPSA) is 23.5 Å². The standard InChI is InChI=1S/C15H31NO/c1-4-12-16(15(17)5-2)14-11-9-7-6-8-10-13(14)3/h13-15,17H,4-12H2,1-3H3. The van der Waals surface area contributed by atoms with Crippen LogP contribution in [0.15, 0.2) is 0 Å². The van der Waals surface area contributed by atoms with E-state index in [-0.39, 0.29) is 6.23 Å². The first-order valence-electron chi connectivity index (χ1n) is 7.64. The van der Waals surface area contributed by atoms with Crippen molar-refractivity contribution in [1.82, 2.24) is 4.90 Å². The van der Waals surface area contributed by atoms with E-state index < -0.39 is 0 Å². The normalized spacial score (nSPS) is 28.8. The second-order valence-electron chi connectivity index (χ2n) is 5.66. The number of rotatable bonds is 5. The van der Waals surface area contributed by atoms with Gasteiger partial charge in [0.2, 0.25) is 0 Å². The Kier molecular flexibility index (Phi) is 7.14. The van der Waals surface area contributed by atoms with Gasteiger partial charge in [-0.25, -0.2) is 0 Å². The summed E-state index contributed by atoms with van der Waals surface area (Å²) in [4.78, 5) is 2.37. The van der Waals surface area contributed by atoms with Crippen LogP contribution in [0.25, 0.3) is 0 Å². The summed E-state index contributed by atoms with van der Waals surface area (Å²) < 4.78 is 0. The summed E-state index contributed by atoms with van der Waals surface area (Å²) in [6, 6.07) is 0.602. The molecule has 0 aliphatic heterocycles. The first kappa shape index (κ1) is 15.0. The number of aliphatic hydroxyl groups is 1. The Morgan fingerprint density at radius 3 is 2.35 bits per heavy atom. The van der Waals surface area contributed by atoms with E-state index in [0.717, 1.165) is 25.3 Å². The Bertz CT molecular complexity index is 195. The third-order valence-corrected chi connectivity index (χ3v) is 4.22. The van der Waals surface area contributed by atoms with E-state index >= 15 is 0 Å². The molecule has 1 saturated carbocycles. The van der Waals surface area contributed by atoms with Crippen molar-refractivity contribution in [3.8, 4) is 0 Å². The van der Waals surface area contributed by atoms with Gasteiger partial charge in [-0.3, -0.25) is 4.90 Å². The smallest absolute Gasteiger partial charge is 0.107 e. The molecule has 1 N–H and O–H groups in total. The minimum Gasteiger partial charge on any atom is -0.378 e. The van der Waals surface area contributed by atoms with Crippen molar-refractivity contribution in [3.05, 3.63) is 0 Å². The molecular weight excluding hydrogens is 210 g/mol. The molecule has 0 amide bonds. The van der Waals surface area contributed by atoms with Crippen molar-refractivity contribution in [1.29, 1.82) is 0 Å². The third-order valence-electron chi connectivity index (χ3n) is 4.22. The largest absolute Gasteiger partial charge is 0.378 e. The van der Waals surface area contributed by atoms with Crippen molar-refractivity contribution in [3.63, 3.8) is 0 Å². The van der Waals surface area contributed by atoms with E-state index in [1.807, 2.05) is 0 Å².